The van der Waals surface area contributed by atoms with Gasteiger partial charge in [-0.2, -0.15) is 0 Å². The number of hydrogen-bond acceptors (Lipinski definition) is 5. The maximum Gasteiger partial charge on any atom is 0.323 e. The van der Waals surface area contributed by atoms with Crippen LogP contribution in [0.4, 0.5) is 5.69 Å². The summed E-state index contributed by atoms with van der Waals surface area (Å²) in [6.07, 6.45) is 0. The lowest BCUT2D eigenvalue weighted by molar-refractivity contribution is -0.385. The Balaban J connectivity index is 2.45. The van der Waals surface area contributed by atoms with Crippen LogP contribution in [-0.4, -0.2) is 10.7 Å². The van der Waals surface area contributed by atoms with Gasteiger partial charge < -0.3 is 4.74 Å². The second-order valence-corrected chi connectivity index (χ2v) is 5.41. The summed E-state index contributed by atoms with van der Waals surface area (Å²) in [4.78, 5) is 22.1. The number of hydrogen-bond donors (Lipinski definition) is 0. The smallest absolute Gasteiger partial charge is 0.323 e. The highest BCUT2D eigenvalue weighted by Gasteiger charge is 2.23. The molecule has 1 aromatic heterocycles. The molecule has 0 aliphatic carbocycles. The molecule has 2 rings (SSSR count). The molecule has 5 nitrogen and oxygen atoms in total. The molecule has 2 aromatic rings. The van der Waals surface area contributed by atoms with Gasteiger partial charge in [-0.15, -0.1) is 0 Å². The zero-order chi connectivity index (χ0) is 14.9. The van der Waals surface area contributed by atoms with E-state index >= 15 is 0 Å². The molecule has 0 amide bonds. The molecule has 0 radical (unpaired) electrons. The van der Waals surface area contributed by atoms with Gasteiger partial charge in [0.2, 0.25) is 0 Å². The zero-order valence-corrected chi connectivity index (χ0v) is 12.1. The molecule has 0 bridgehead atoms. The number of nitro groups is 1. The lowest BCUT2D eigenvalue weighted by atomic mass is 10.1. The quantitative estimate of drug-likeness (QED) is 0.479. The summed E-state index contributed by atoms with van der Waals surface area (Å²) in [5, 5.41) is 11.2. The molecule has 0 aliphatic heterocycles. The first kappa shape index (κ1) is 14.2. The van der Waals surface area contributed by atoms with Crippen molar-refractivity contribution in [2.24, 2.45) is 0 Å². The van der Waals surface area contributed by atoms with Crippen LogP contribution < -0.4 is 4.74 Å². The number of carbonyl (C=O) groups is 1. The van der Waals surface area contributed by atoms with Crippen LogP contribution in [0.25, 0.3) is 0 Å². The summed E-state index contributed by atoms with van der Waals surface area (Å²) in [6, 6.07) is 6.77. The number of ether oxygens (including phenoxy) is 1. The molecule has 1 heterocycles. The second-order valence-electron chi connectivity index (χ2n) is 4.40. The maximum absolute atomic E-state index is 11.3. The van der Waals surface area contributed by atoms with Crippen molar-refractivity contribution in [3.63, 3.8) is 0 Å². The number of thiophene rings is 1. The zero-order valence-electron chi connectivity index (χ0n) is 11.3. The van der Waals surface area contributed by atoms with Crippen molar-refractivity contribution in [3.05, 3.63) is 50.4 Å². The molecule has 104 valence electrons. The molecule has 0 saturated heterocycles. The fraction of sp³-hybridized carbons (Fsp3) is 0.214. The van der Waals surface area contributed by atoms with E-state index in [1.54, 1.807) is 6.07 Å². The Morgan fingerprint density at radius 1 is 1.35 bits per heavy atom. The molecule has 0 saturated carbocycles. The van der Waals surface area contributed by atoms with Crippen LogP contribution in [0.15, 0.2) is 24.3 Å². The van der Waals surface area contributed by atoms with Gasteiger partial charge in [0.15, 0.2) is 5.78 Å². The summed E-state index contributed by atoms with van der Waals surface area (Å²) >= 11 is 0.992. The van der Waals surface area contributed by atoms with E-state index < -0.39 is 4.92 Å². The third-order valence-corrected chi connectivity index (χ3v) is 4.08. The number of nitrogens with zero attached hydrogens (tertiary/aromatic N) is 1. The van der Waals surface area contributed by atoms with Crippen molar-refractivity contribution in [1.82, 2.24) is 0 Å². The molecule has 1 aromatic carbocycles. The fourth-order valence-electron chi connectivity index (χ4n) is 1.67. The minimum absolute atomic E-state index is 0.133. The number of aryl methyl sites for hydroxylation is 1. The predicted octanol–water partition coefficient (Wildman–Crippen LogP) is 4.27. The lowest BCUT2D eigenvalue weighted by Gasteiger charge is -2.08. The van der Waals surface area contributed by atoms with E-state index in [0.29, 0.717) is 10.6 Å². The van der Waals surface area contributed by atoms with Crippen LogP contribution in [0.1, 0.15) is 27.7 Å². The molecule has 20 heavy (non-hydrogen) atoms. The standard InChI is InChI=1S/C14H13NO4S/c1-8-5-4-6-12(9(8)2)19-14-11(15(17)18)7-13(20-14)10(3)16/h4-7H,1-3H3. The Kier molecular flexibility index (Phi) is 3.85. The molecule has 0 spiro atoms. The van der Waals surface area contributed by atoms with Crippen molar-refractivity contribution in [3.8, 4) is 10.8 Å². The van der Waals surface area contributed by atoms with Gasteiger partial charge in [0.25, 0.3) is 5.06 Å². The summed E-state index contributed by atoms with van der Waals surface area (Å²) in [7, 11) is 0. The molecule has 6 heteroatoms. The molecule has 0 fully saturated rings. The van der Waals surface area contributed by atoms with Crippen LogP contribution in [0.2, 0.25) is 0 Å². The fourth-order valence-corrected chi connectivity index (χ4v) is 2.56. The molecule has 0 unspecified atom stereocenters. The van der Waals surface area contributed by atoms with E-state index in [2.05, 4.69) is 0 Å². The van der Waals surface area contributed by atoms with Crippen molar-refractivity contribution in [2.45, 2.75) is 20.8 Å². The van der Waals surface area contributed by atoms with Gasteiger partial charge in [-0.1, -0.05) is 23.5 Å². The maximum atomic E-state index is 11.3. The summed E-state index contributed by atoms with van der Waals surface area (Å²) in [5.74, 6) is 0.346. The number of rotatable bonds is 4. The van der Waals surface area contributed by atoms with Crippen LogP contribution in [0.5, 0.6) is 10.8 Å². The highest BCUT2D eigenvalue weighted by atomic mass is 32.1. The first-order valence-electron chi connectivity index (χ1n) is 5.93. The van der Waals surface area contributed by atoms with E-state index in [1.165, 1.54) is 13.0 Å². The first-order chi connectivity index (χ1) is 9.40. The number of ketones is 1. The van der Waals surface area contributed by atoms with Gasteiger partial charge in [0, 0.05) is 6.07 Å². The topological polar surface area (TPSA) is 69.4 Å². The van der Waals surface area contributed by atoms with Gasteiger partial charge in [0.1, 0.15) is 5.75 Å². The van der Waals surface area contributed by atoms with E-state index in [1.807, 2.05) is 26.0 Å². The van der Waals surface area contributed by atoms with Crippen molar-refractivity contribution in [1.29, 1.82) is 0 Å². The van der Waals surface area contributed by atoms with Gasteiger partial charge in [-0.3, -0.25) is 14.9 Å². The minimum atomic E-state index is -0.538. The Morgan fingerprint density at radius 2 is 2.05 bits per heavy atom. The molecule has 0 aliphatic rings. The van der Waals surface area contributed by atoms with Crippen LogP contribution in [-0.2, 0) is 0 Å². The first-order valence-corrected chi connectivity index (χ1v) is 6.75. The van der Waals surface area contributed by atoms with E-state index in [-0.39, 0.29) is 16.5 Å². The van der Waals surface area contributed by atoms with Crippen LogP contribution in [0, 0.1) is 24.0 Å². The normalized spacial score (nSPS) is 10.3. The van der Waals surface area contributed by atoms with Gasteiger partial charge in [0.05, 0.1) is 9.80 Å². The number of Topliss-reactive ketones (excluding diaryl/α,β-unsaturated/α-hetero) is 1. The Hall–Kier alpha value is -2.21. The largest absolute Gasteiger partial charge is 0.440 e. The average molecular weight is 291 g/mol. The Labute approximate surface area is 120 Å². The lowest BCUT2D eigenvalue weighted by Crippen LogP contribution is -1.92. The molecular formula is C14H13NO4S. The van der Waals surface area contributed by atoms with Gasteiger partial charge >= 0.3 is 5.69 Å². The SMILES string of the molecule is CC(=O)c1cc([N+](=O)[O-])c(Oc2cccc(C)c2C)s1. The highest BCUT2D eigenvalue weighted by molar-refractivity contribution is 7.16. The van der Waals surface area contributed by atoms with E-state index in [9.17, 15) is 14.9 Å². The monoisotopic (exact) mass is 291 g/mol. The van der Waals surface area contributed by atoms with Crippen molar-refractivity contribution in [2.75, 3.05) is 0 Å². The number of benzene rings is 1. The van der Waals surface area contributed by atoms with Crippen molar-refractivity contribution >= 4 is 22.8 Å². The molecule has 0 atom stereocenters. The highest BCUT2D eigenvalue weighted by Crippen LogP contribution is 2.40. The second kappa shape index (κ2) is 5.42. The summed E-state index contributed by atoms with van der Waals surface area (Å²) < 4.78 is 5.64. The third kappa shape index (κ3) is 2.70. The minimum Gasteiger partial charge on any atom is -0.440 e. The van der Waals surface area contributed by atoms with Gasteiger partial charge in [-0.05, 0) is 38.0 Å². The summed E-state index contributed by atoms with van der Waals surface area (Å²) in [5.41, 5.74) is 1.77. The number of carbonyl (C=O) groups excluding carboxylic acids is 1. The Morgan fingerprint density at radius 3 is 2.65 bits per heavy atom. The molecule has 0 N–H and O–H groups in total. The Bertz CT molecular complexity index is 690. The third-order valence-electron chi connectivity index (χ3n) is 2.98. The average Bonchev–Trinajstić information content (AvgIpc) is 2.79. The predicted molar refractivity (Wildman–Crippen MR) is 77.0 cm³/mol. The van der Waals surface area contributed by atoms with Gasteiger partial charge in [-0.25, -0.2) is 0 Å². The van der Waals surface area contributed by atoms with Crippen molar-refractivity contribution < 1.29 is 14.5 Å². The van der Waals surface area contributed by atoms with Crippen LogP contribution >= 0.6 is 11.3 Å². The van der Waals surface area contributed by atoms with Crippen LogP contribution in [0.3, 0.4) is 0 Å². The van der Waals surface area contributed by atoms with E-state index in [0.717, 1.165) is 22.5 Å². The van der Waals surface area contributed by atoms with E-state index in [4.69, 9.17) is 4.74 Å². The summed E-state index contributed by atoms with van der Waals surface area (Å²) in [6.45, 7) is 5.19. The molecular weight excluding hydrogens is 278 g/mol.